The lowest BCUT2D eigenvalue weighted by atomic mass is 10.2. The molecule has 2 aromatic rings. The monoisotopic (exact) mass is 234 g/mol. The number of hydrogen-bond donors (Lipinski definition) is 1. The Morgan fingerprint density at radius 2 is 2.00 bits per heavy atom. The van der Waals surface area contributed by atoms with Crippen molar-refractivity contribution >= 4 is 0 Å². The van der Waals surface area contributed by atoms with Crippen LogP contribution in [0.1, 0.15) is 24.8 Å². The molecule has 2 heterocycles. The van der Waals surface area contributed by atoms with E-state index in [1.807, 2.05) is 13.8 Å². The van der Waals surface area contributed by atoms with Crippen LogP contribution in [0.2, 0.25) is 0 Å². The molecule has 0 radical (unpaired) electrons. The summed E-state index contributed by atoms with van der Waals surface area (Å²) < 4.78 is 5.02. The van der Waals surface area contributed by atoms with Crippen LogP contribution in [0.25, 0.3) is 11.6 Å². The maximum Gasteiger partial charge on any atom is 0.240 e. The van der Waals surface area contributed by atoms with E-state index in [4.69, 9.17) is 4.52 Å². The molecular formula is C11H14N4O2. The molecule has 0 aliphatic rings. The lowest BCUT2D eigenvalue weighted by molar-refractivity contribution is 0.158. The number of aryl methyl sites for hydroxylation is 1. The molecule has 2 aromatic heterocycles. The maximum absolute atomic E-state index is 9.47. The van der Waals surface area contributed by atoms with E-state index in [1.165, 1.54) is 0 Å². The van der Waals surface area contributed by atoms with Crippen LogP contribution < -0.4 is 0 Å². The van der Waals surface area contributed by atoms with Crippen molar-refractivity contribution in [2.75, 3.05) is 0 Å². The fourth-order valence-electron chi connectivity index (χ4n) is 1.28. The normalized spacial score (nSPS) is 12.6. The smallest absolute Gasteiger partial charge is 0.240 e. The molecule has 1 unspecified atom stereocenters. The Labute approximate surface area is 98.7 Å². The summed E-state index contributed by atoms with van der Waals surface area (Å²) in [5, 5.41) is 13.2. The van der Waals surface area contributed by atoms with E-state index in [-0.39, 0.29) is 0 Å². The van der Waals surface area contributed by atoms with Gasteiger partial charge in [-0.1, -0.05) is 12.1 Å². The van der Waals surface area contributed by atoms with E-state index in [2.05, 4.69) is 20.1 Å². The van der Waals surface area contributed by atoms with Gasteiger partial charge in [0.05, 0.1) is 12.5 Å². The quantitative estimate of drug-likeness (QED) is 0.854. The fourth-order valence-corrected chi connectivity index (χ4v) is 1.28. The van der Waals surface area contributed by atoms with Crippen LogP contribution in [0.4, 0.5) is 0 Å². The number of aliphatic hydroxyl groups is 1. The first kappa shape index (κ1) is 11.7. The average molecular weight is 234 g/mol. The summed E-state index contributed by atoms with van der Waals surface area (Å²) in [6.07, 6.45) is 3.94. The van der Waals surface area contributed by atoms with Gasteiger partial charge in [-0.05, 0) is 18.9 Å². The minimum absolute atomic E-state index is 0.350. The summed E-state index contributed by atoms with van der Waals surface area (Å²) in [5.74, 6) is 1.18. The summed E-state index contributed by atoms with van der Waals surface area (Å²) in [6.45, 7) is 3.80. The molecule has 90 valence electrons. The van der Waals surface area contributed by atoms with Gasteiger partial charge < -0.3 is 9.63 Å². The molecule has 0 saturated carbocycles. The first-order chi connectivity index (χ1) is 8.19. The summed E-state index contributed by atoms with van der Waals surface area (Å²) in [5.41, 5.74) is 0.971. The highest BCUT2D eigenvalue weighted by atomic mass is 16.5. The molecule has 0 amide bonds. The molecule has 0 aromatic carbocycles. The molecule has 2 rings (SSSR count). The zero-order chi connectivity index (χ0) is 12.3. The minimum Gasteiger partial charge on any atom is -0.393 e. The van der Waals surface area contributed by atoms with Crippen LogP contribution in [0.3, 0.4) is 0 Å². The van der Waals surface area contributed by atoms with E-state index in [9.17, 15) is 5.11 Å². The molecule has 17 heavy (non-hydrogen) atoms. The van der Waals surface area contributed by atoms with Gasteiger partial charge in [0.15, 0.2) is 0 Å². The SMILES string of the molecule is CCC(O)Cc1nc(-c2ncc(C)cn2)no1. The molecule has 0 aliphatic carbocycles. The third-order valence-electron chi connectivity index (χ3n) is 2.33. The van der Waals surface area contributed by atoms with Crippen molar-refractivity contribution in [2.24, 2.45) is 0 Å². The van der Waals surface area contributed by atoms with Crippen molar-refractivity contribution in [1.82, 2.24) is 20.1 Å². The predicted molar refractivity (Wildman–Crippen MR) is 60.1 cm³/mol. The van der Waals surface area contributed by atoms with E-state index in [1.54, 1.807) is 12.4 Å². The molecule has 1 N–H and O–H groups in total. The van der Waals surface area contributed by atoms with Gasteiger partial charge in [-0.3, -0.25) is 0 Å². The van der Waals surface area contributed by atoms with Crippen molar-refractivity contribution < 1.29 is 9.63 Å². The van der Waals surface area contributed by atoms with Crippen LogP contribution in [0.5, 0.6) is 0 Å². The van der Waals surface area contributed by atoms with Crippen LogP contribution in [-0.4, -0.2) is 31.3 Å². The van der Waals surface area contributed by atoms with E-state index in [0.29, 0.717) is 30.4 Å². The van der Waals surface area contributed by atoms with Crippen molar-refractivity contribution in [3.05, 3.63) is 23.8 Å². The van der Waals surface area contributed by atoms with Gasteiger partial charge in [-0.2, -0.15) is 4.98 Å². The molecule has 6 heteroatoms. The first-order valence-corrected chi connectivity index (χ1v) is 5.48. The second-order valence-corrected chi connectivity index (χ2v) is 3.86. The summed E-state index contributed by atoms with van der Waals surface area (Å²) in [4.78, 5) is 12.3. The number of aliphatic hydroxyl groups excluding tert-OH is 1. The third-order valence-corrected chi connectivity index (χ3v) is 2.33. The van der Waals surface area contributed by atoms with Crippen molar-refractivity contribution in [1.29, 1.82) is 0 Å². The number of aromatic nitrogens is 4. The summed E-state index contributed by atoms with van der Waals surface area (Å²) in [6, 6.07) is 0. The molecule has 0 spiro atoms. The lowest BCUT2D eigenvalue weighted by Crippen LogP contribution is -2.08. The fraction of sp³-hybridized carbons (Fsp3) is 0.455. The van der Waals surface area contributed by atoms with Gasteiger partial charge in [-0.25, -0.2) is 9.97 Å². The summed E-state index contributed by atoms with van der Waals surface area (Å²) >= 11 is 0. The number of nitrogens with zero attached hydrogens (tertiary/aromatic N) is 4. The van der Waals surface area contributed by atoms with Gasteiger partial charge >= 0.3 is 0 Å². The second kappa shape index (κ2) is 5.01. The topological polar surface area (TPSA) is 84.9 Å². The Morgan fingerprint density at radius 1 is 1.29 bits per heavy atom. The molecular weight excluding hydrogens is 220 g/mol. The molecule has 1 atom stereocenters. The zero-order valence-corrected chi connectivity index (χ0v) is 9.79. The van der Waals surface area contributed by atoms with Gasteiger partial charge in [0, 0.05) is 12.4 Å². The number of hydrogen-bond acceptors (Lipinski definition) is 6. The van der Waals surface area contributed by atoms with E-state index in [0.717, 1.165) is 5.56 Å². The Balaban J connectivity index is 2.15. The first-order valence-electron chi connectivity index (χ1n) is 5.48. The van der Waals surface area contributed by atoms with Gasteiger partial charge in [0.1, 0.15) is 0 Å². The Morgan fingerprint density at radius 3 is 2.65 bits per heavy atom. The van der Waals surface area contributed by atoms with Crippen LogP contribution in [-0.2, 0) is 6.42 Å². The van der Waals surface area contributed by atoms with Crippen LogP contribution in [0.15, 0.2) is 16.9 Å². The molecule has 0 fully saturated rings. The van der Waals surface area contributed by atoms with Crippen molar-refractivity contribution in [3.8, 4) is 11.6 Å². The largest absolute Gasteiger partial charge is 0.393 e. The molecule has 0 saturated heterocycles. The van der Waals surface area contributed by atoms with Gasteiger partial charge in [0.25, 0.3) is 0 Å². The highest BCUT2D eigenvalue weighted by molar-refractivity contribution is 5.40. The molecule has 0 aliphatic heterocycles. The lowest BCUT2D eigenvalue weighted by Gasteiger charge is -2.01. The number of rotatable bonds is 4. The zero-order valence-electron chi connectivity index (χ0n) is 9.79. The van der Waals surface area contributed by atoms with Gasteiger partial charge in [0.2, 0.25) is 17.5 Å². The Kier molecular flexibility index (Phi) is 3.43. The summed E-state index contributed by atoms with van der Waals surface area (Å²) in [7, 11) is 0. The Bertz CT molecular complexity index is 480. The molecule has 6 nitrogen and oxygen atoms in total. The van der Waals surface area contributed by atoms with Crippen LogP contribution in [0, 0.1) is 6.92 Å². The van der Waals surface area contributed by atoms with Crippen LogP contribution >= 0.6 is 0 Å². The third kappa shape index (κ3) is 2.85. The highest BCUT2D eigenvalue weighted by Gasteiger charge is 2.13. The van der Waals surface area contributed by atoms with E-state index >= 15 is 0 Å². The highest BCUT2D eigenvalue weighted by Crippen LogP contribution is 2.11. The second-order valence-electron chi connectivity index (χ2n) is 3.86. The maximum atomic E-state index is 9.47. The van der Waals surface area contributed by atoms with Crippen molar-refractivity contribution in [3.63, 3.8) is 0 Å². The Hall–Kier alpha value is -1.82. The average Bonchev–Trinajstić information content (AvgIpc) is 2.78. The standard InChI is InChI=1S/C11H14N4O2/c1-3-8(16)4-9-14-11(15-17-9)10-12-5-7(2)6-13-10/h5-6,8,16H,3-4H2,1-2H3. The minimum atomic E-state index is -0.456. The van der Waals surface area contributed by atoms with Gasteiger partial charge in [-0.15, -0.1) is 0 Å². The predicted octanol–water partition coefficient (Wildman–Crippen LogP) is 1.15. The van der Waals surface area contributed by atoms with E-state index < -0.39 is 6.10 Å². The molecule has 0 bridgehead atoms. The van der Waals surface area contributed by atoms with Crippen molar-refractivity contribution in [2.45, 2.75) is 32.8 Å².